The van der Waals surface area contributed by atoms with Crippen LogP contribution >= 0.6 is 0 Å². The van der Waals surface area contributed by atoms with Gasteiger partial charge in [-0.3, -0.25) is 4.79 Å². The third kappa shape index (κ3) is 5.22. The summed E-state index contributed by atoms with van der Waals surface area (Å²) in [5, 5.41) is 6.02. The van der Waals surface area contributed by atoms with Gasteiger partial charge in [0.15, 0.2) is 0 Å². The molecule has 0 aliphatic rings. The van der Waals surface area contributed by atoms with Crippen molar-refractivity contribution in [1.82, 2.24) is 15.3 Å². The fourth-order valence-corrected chi connectivity index (χ4v) is 1.98. The van der Waals surface area contributed by atoms with Crippen LogP contribution in [0, 0.1) is 0 Å². The fourth-order valence-electron chi connectivity index (χ4n) is 1.98. The first kappa shape index (κ1) is 17.7. The lowest BCUT2D eigenvalue weighted by Crippen LogP contribution is -2.40. The van der Waals surface area contributed by atoms with Gasteiger partial charge >= 0.3 is 0 Å². The summed E-state index contributed by atoms with van der Waals surface area (Å²) in [5.41, 5.74) is 0.762. The first-order valence-electron chi connectivity index (χ1n) is 7.92. The topological polar surface area (TPSA) is 76.1 Å². The maximum Gasteiger partial charge on any atom is 0.271 e. The SMILES string of the molecule is CC(C)Oc1ccccc1Nc1cnc(C(=O)NC(C)(C)C)cn1. The number of carbonyl (C=O) groups excluding carboxylic acids is 1. The highest BCUT2D eigenvalue weighted by atomic mass is 16.5. The van der Waals surface area contributed by atoms with Crippen LogP contribution < -0.4 is 15.4 Å². The lowest BCUT2D eigenvalue weighted by Gasteiger charge is -2.20. The van der Waals surface area contributed by atoms with Crippen molar-refractivity contribution in [3.8, 4) is 5.75 Å². The number of carbonyl (C=O) groups is 1. The number of ether oxygens (including phenoxy) is 1. The van der Waals surface area contributed by atoms with Gasteiger partial charge in [-0.25, -0.2) is 9.97 Å². The van der Waals surface area contributed by atoms with E-state index in [2.05, 4.69) is 20.6 Å². The van der Waals surface area contributed by atoms with E-state index in [1.54, 1.807) is 0 Å². The van der Waals surface area contributed by atoms with Gasteiger partial charge in [-0.2, -0.15) is 0 Å². The van der Waals surface area contributed by atoms with Gasteiger partial charge in [-0.15, -0.1) is 0 Å². The number of benzene rings is 1. The predicted octanol–water partition coefficient (Wildman–Crippen LogP) is 3.54. The first-order valence-corrected chi connectivity index (χ1v) is 7.92. The van der Waals surface area contributed by atoms with Crippen molar-refractivity contribution in [3.05, 3.63) is 42.4 Å². The minimum atomic E-state index is -0.317. The van der Waals surface area contributed by atoms with E-state index in [0.717, 1.165) is 11.4 Å². The molecule has 0 atom stereocenters. The van der Waals surface area contributed by atoms with Crippen LogP contribution in [0.15, 0.2) is 36.7 Å². The zero-order valence-electron chi connectivity index (χ0n) is 14.8. The van der Waals surface area contributed by atoms with Crippen molar-refractivity contribution in [2.24, 2.45) is 0 Å². The van der Waals surface area contributed by atoms with Gasteiger partial charge in [0.2, 0.25) is 0 Å². The van der Waals surface area contributed by atoms with E-state index in [1.165, 1.54) is 12.4 Å². The van der Waals surface area contributed by atoms with Crippen LogP contribution in [-0.2, 0) is 0 Å². The molecule has 6 heteroatoms. The van der Waals surface area contributed by atoms with E-state index in [4.69, 9.17) is 4.74 Å². The predicted molar refractivity (Wildman–Crippen MR) is 94.7 cm³/mol. The second kappa shape index (κ2) is 7.29. The van der Waals surface area contributed by atoms with Crippen LogP contribution in [0.4, 0.5) is 11.5 Å². The molecule has 24 heavy (non-hydrogen) atoms. The molecule has 0 aliphatic heterocycles. The standard InChI is InChI=1S/C18H24N4O2/c1-12(2)24-15-9-7-6-8-13(15)21-16-11-19-14(10-20-16)17(23)22-18(3,4)5/h6-12H,1-5H3,(H,20,21)(H,22,23). The Kier molecular flexibility index (Phi) is 5.39. The second-order valence-electron chi connectivity index (χ2n) is 6.78. The average Bonchev–Trinajstić information content (AvgIpc) is 2.48. The Bertz CT molecular complexity index is 691. The van der Waals surface area contributed by atoms with Crippen LogP contribution in [0.25, 0.3) is 0 Å². The zero-order valence-corrected chi connectivity index (χ0v) is 14.8. The maximum atomic E-state index is 12.1. The van der Waals surface area contributed by atoms with Crippen molar-refractivity contribution >= 4 is 17.4 Å². The third-order valence-electron chi connectivity index (χ3n) is 2.89. The highest BCUT2D eigenvalue weighted by molar-refractivity contribution is 5.92. The number of hydrogen-bond donors (Lipinski definition) is 2. The largest absolute Gasteiger partial charge is 0.489 e. The average molecular weight is 328 g/mol. The van der Waals surface area contributed by atoms with Crippen LogP contribution in [-0.4, -0.2) is 27.5 Å². The molecule has 128 valence electrons. The molecule has 2 aromatic rings. The molecule has 1 aromatic heterocycles. The molecule has 2 rings (SSSR count). The van der Waals surface area contributed by atoms with Crippen LogP contribution in [0.2, 0.25) is 0 Å². The number of anilines is 2. The van der Waals surface area contributed by atoms with Crippen molar-refractivity contribution in [2.75, 3.05) is 5.32 Å². The highest BCUT2D eigenvalue weighted by Crippen LogP contribution is 2.27. The summed E-state index contributed by atoms with van der Waals surface area (Å²) < 4.78 is 5.76. The number of nitrogens with zero attached hydrogens (tertiary/aromatic N) is 2. The zero-order chi connectivity index (χ0) is 17.7. The summed E-state index contributed by atoms with van der Waals surface area (Å²) in [6, 6.07) is 7.61. The maximum absolute atomic E-state index is 12.1. The Morgan fingerprint density at radius 1 is 1.12 bits per heavy atom. The normalized spacial score (nSPS) is 11.2. The smallest absolute Gasteiger partial charge is 0.271 e. The van der Waals surface area contributed by atoms with Crippen molar-refractivity contribution in [1.29, 1.82) is 0 Å². The molecule has 0 unspecified atom stereocenters. The molecule has 0 radical (unpaired) electrons. The summed E-state index contributed by atoms with van der Waals surface area (Å²) in [7, 11) is 0. The van der Waals surface area contributed by atoms with Crippen molar-refractivity contribution in [3.63, 3.8) is 0 Å². The molecule has 0 bridgehead atoms. The summed E-state index contributed by atoms with van der Waals surface area (Å²) in [5.74, 6) is 1.04. The van der Waals surface area contributed by atoms with Gasteiger partial charge < -0.3 is 15.4 Å². The number of amides is 1. The van der Waals surface area contributed by atoms with E-state index < -0.39 is 0 Å². The molecule has 1 heterocycles. The lowest BCUT2D eigenvalue weighted by molar-refractivity contribution is 0.0914. The Hall–Kier alpha value is -2.63. The number of nitrogens with one attached hydrogen (secondary N) is 2. The molecular formula is C18H24N4O2. The Morgan fingerprint density at radius 3 is 2.42 bits per heavy atom. The van der Waals surface area contributed by atoms with Crippen molar-refractivity contribution in [2.45, 2.75) is 46.3 Å². The van der Waals surface area contributed by atoms with Crippen LogP contribution in [0.1, 0.15) is 45.1 Å². The molecule has 6 nitrogen and oxygen atoms in total. The minimum Gasteiger partial charge on any atom is -0.489 e. The number of aromatic nitrogens is 2. The first-order chi connectivity index (χ1) is 11.2. The second-order valence-corrected chi connectivity index (χ2v) is 6.78. The molecule has 0 saturated carbocycles. The van der Waals surface area contributed by atoms with Gasteiger partial charge in [-0.05, 0) is 46.8 Å². The molecule has 1 amide bonds. The molecule has 1 aromatic carbocycles. The summed E-state index contributed by atoms with van der Waals surface area (Å²) in [6.07, 6.45) is 3.06. The van der Waals surface area contributed by atoms with Crippen LogP contribution in [0.5, 0.6) is 5.75 Å². The van der Waals surface area contributed by atoms with E-state index in [1.807, 2.05) is 58.9 Å². The molecule has 0 spiro atoms. The van der Waals surface area contributed by atoms with E-state index in [-0.39, 0.29) is 23.2 Å². The van der Waals surface area contributed by atoms with E-state index in [9.17, 15) is 4.79 Å². The number of rotatable bonds is 5. The number of hydrogen-bond acceptors (Lipinski definition) is 5. The van der Waals surface area contributed by atoms with Crippen molar-refractivity contribution < 1.29 is 9.53 Å². The minimum absolute atomic E-state index is 0.0718. The van der Waals surface area contributed by atoms with Gasteiger partial charge in [0.05, 0.1) is 24.2 Å². The fraction of sp³-hybridized carbons (Fsp3) is 0.389. The third-order valence-corrected chi connectivity index (χ3v) is 2.89. The highest BCUT2D eigenvalue weighted by Gasteiger charge is 2.16. The van der Waals surface area contributed by atoms with E-state index >= 15 is 0 Å². The molecular weight excluding hydrogens is 304 g/mol. The Morgan fingerprint density at radius 2 is 1.83 bits per heavy atom. The molecule has 2 N–H and O–H groups in total. The summed E-state index contributed by atoms with van der Waals surface area (Å²) >= 11 is 0. The molecule has 0 fully saturated rings. The molecule has 0 saturated heterocycles. The van der Waals surface area contributed by atoms with Crippen LogP contribution in [0.3, 0.4) is 0 Å². The number of para-hydroxylation sites is 2. The van der Waals surface area contributed by atoms with Gasteiger partial charge in [0, 0.05) is 5.54 Å². The Labute approximate surface area is 142 Å². The van der Waals surface area contributed by atoms with Gasteiger partial charge in [0.1, 0.15) is 17.3 Å². The summed E-state index contributed by atoms with van der Waals surface area (Å²) in [4.78, 5) is 20.5. The van der Waals surface area contributed by atoms with Gasteiger partial charge in [-0.1, -0.05) is 12.1 Å². The van der Waals surface area contributed by atoms with Gasteiger partial charge in [0.25, 0.3) is 5.91 Å². The quantitative estimate of drug-likeness (QED) is 0.878. The Balaban J connectivity index is 2.11. The summed E-state index contributed by atoms with van der Waals surface area (Å²) in [6.45, 7) is 9.69. The monoisotopic (exact) mass is 328 g/mol. The lowest BCUT2D eigenvalue weighted by atomic mass is 10.1. The van der Waals surface area contributed by atoms with E-state index in [0.29, 0.717) is 5.82 Å². The molecule has 0 aliphatic carbocycles.